The Morgan fingerprint density at radius 2 is 1.94 bits per heavy atom. The zero-order valence-corrected chi connectivity index (χ0v) is 18.9. The predicted molar refractivity (Wildman–Crippen MR) is 105 cm³/mol. The molecule has 0 bridgehead atoms. The molecule has 10 heteroatoms. The third-order valence-electron chi connectivity index (χ3n) is 9.34. The van der Waals surface area contributed by atoms with Gasteiger partial charge in [-0.25, -0.2) is 14.4 Å². The van der Waals surface area contributed by atoms with E-state index in [9.17, 15) is 19.2 Å². The van der Waals surface area contributed by atoms with Crippen molar-refractivity contribution < 1.29 is 47.6 Å². The first-order chi connectivity index (χ1) is 15.8. The zero-order chi connectivity index (χ0) is 23.3. The van der Waals surface area contributed by atoms with Gasteiger partial charge in [-0.2, -0.15) is 0 Å². The summed E-state index contributed by atoms with van der Waals surface area (Å²) >= 11 is 0. The highest BCUT2D eigenvalue weighted by atomic mass is 16.8. The van der Waals surface area contributed by atoms with Gasteiger partial charge >= 0.3 is 23.9 Å². The van der Waals surface area contributed by atoms with Gasteiger partial charge in [-0.1, -0.05) is 26.7 Å². The van der Waals surface area contributed by atoms with Crippen LogP contribution in [0.15, 0.2) is 0 Å². The van der Waals surface area contributed by atoms with Crippen molar-refractivity contribution in [2.45, 2.75) is 76.2 Å². The summed E-state index contributed by atoms with van der Waals surface area (Å²) in [4.78, 5) is 51.0. The van der Waals surface area contributed by atoms with E-state index >= 15 is 0 Å². The summed E-state index contributed by atoms with van der Waals surface area (Å²) in [7, 11) is 1.25. The molecule has 0 aromatic heterocycles. The largest absolute Gasteiger partial charge is 0.467 e. The highest BCUT2D eigenvalue weighted by Gasteiger charge is 2.97. The molecule has 0 amide bonds. The van der Waals surface area contributed by atoms with Crippen molar-refractivity contribution in [3.63, 3.8) is 0 Å². The molecule has 4 heterocycles. The fourth-order valence-corrected chi connectivity index (χ4v) is 8.38. The van der Waals surface area contributed by atoms with Crippen LogP contribution in [-0.4, -0.2) is 67.8 Å². The van der Waals surface area contributed by atoms with Gasteiger partial charge in [0.1, 0.15) is 18.8 Å². The summed E-state index contributed by atoms with van der Waals surface area (Å²) in [6.07, 6.45) is 0.339. The average molecular weight is 464 g/mol. The molecule has 10 nitrogen and oxygen atoms in total. The standard InChI is InChI=1S/C23H28O10/c1-4-5-6-11-7-13-21-8-12-15(10(2)17(25)30-12)23(21,19(27)31-13)33-20-22(11,21)16(18(26)32-20)29-9-14(24)28-3/h10-13,15-16,20H,4-9H2,1-3H3/t10?,11-,12?,13?,15?,16?,20?,21?,22?,23?/m1/s1. The molecule has 2 saturated carbocycles. The van der Waals surface area contributed by atoms with Crippen LogP contribution in [0.4, 0.5) is 0 Å². The molecule has 0 N–H and O–H groups in total. The number of hydrogen-bond donors (Lipinski definition) is 0. The van der Waals surface area contributed by atoms with E-state index < -0.39 is 77.4 Å². The Morgan fingerprint density at radius 1 is 1.15 bits per heavy atom. The van der Waals surface area contributed by atoms with Crippen molar-refractivity contribution in [2.24, 2.45) is 28.6 Å². The number of carbonyl (C=O) groups is 4. The minimum absolute atomic E-state index is 0.0960. The highest BCUT2D eigenvalue weighted by molar-refractivity contribution is 5.91. The molecule has 180 valence electrons. The molecule has 2 spiro atoms. The first-order valence-electron chi connectivity index (χ1n) is 11.8. The van der Waals surface area contributed by atoms with E-state index in [-0.39, 0.29) is 11.9 Å². The van der Waals surface area contributed by atoms with Gasteiger partial charge in [0.15, 0.2) is 11.7 Å². The average Bonchev–Trinajstić information content (AvgIpc) is 3.50. The van der Waals surface area contributed by atoms with Gasteiger partial charge < -0.3 is 28.4 Å². The van der Waals surface area contributed by atoms with Crippen LogP contribution in [0, 0.1) is 28.6 Å². The summed E-state index contributed by atoms with van der Waals surface area (Å²) < 4.78 is 34.5. The van der Waals surface area contributed by atoms with Crippen LogP contribution in [0.2, 0.25) is 0 Å². The van der Waals surface area contributed by atoms with Crippen molar-refractivity contribution in [2.75, 3.05) is 13.7 Å². The first-order valence-corrected chi connectivity index (χ1v) is 11.8. The summed E-state index contributed by atoms with van der Waals surface area (Å²) in [5.74, 6) is -3.30. The van der Waals surface area contributed by atoms with Crippen LogP contribution in [0.1, 0.15) is 46.0 Å². The number of carbonyl (C=O) groups excluding carboxylic acids is 4. The Morgan fingerprint density at radius 3 is 2.67 bits per heavy atom. The molecule has 9 unspecified atom stereocenters. The van der Waals surface area contributed by atoms with Crippen molar-refractivity contribution >= 4 is 23.9 Å². The van der Waals surface area contributed by atoms with E-state index in [4.69, 9.17) is 28.4 Å². The lowest BCUT2D eigenvalue weighted by atomic mass is 9.54. The Balaban J connectivity index is 1.52. The van der Waals surface area contributed by atoms with Crippen molar-refractivity contribution in [1.29, 1.82) is 0 Å². The second-order valence-corrected chi connectivity index (χ2v) is 10.3. The van der Waals surface area contributed by atoms with Crippen LogP contribution in [0.25, 0.3) is 0 Å². The fourth-order valence-electron chi connectivity index (χ4n) is 8.38. The summed E-state index contributed by atoms with van der Waals surface area (Å²) in [5.41, 5.74) is -3.43. The molecule has 0 radical (unpaired) electrons. The Labute approximate surface area is 190 Å². The van der Waals surface area contributed by atoms with Crippen molar-refractivity contribution in [3.8, 4) is 0 Å². The lowest BCUT2D eigenvalue weighted by molar-refractivity contribution is -0.205. The minimum Gasteiger partial charge on any atom is -0.467 e. The third kappa shape index (κ3) is 2.10. The van der Waals surface area contributed by atoms with Crippen molar-refractivity contribution in [3.05, 3.63) is 0 Å². The first kappa shape index (κ1) is 21.3. The maximum absolute atomic E-state index is 13.5. The van der Waals surface area contributed by atoms with Gasteiger partial charge in [0.2, 0.25) is 6.29 Å². The Kier molecular flexibility index (Phi) is 4.32. The number of hydrogen-bond acceptors (Lipinski definition) is 10. The zero-order valence-electron chi connectivity index (χ0n) is 18.9. The molecule has 6 aliphatic rings. The molecule has 4 aliphatic heterocycles. The topological polar surface area (TPSA) is 124 Å². The molecule has 0 aromatic carbocycles. The maximum atomic E-state index is 13.5. The monoisotopic (exact) mass is 464 g/mol. The van der Waals surface area contributed by atoms with E-state index in [1.54, 1.807) is 6.92 Å². The van der Waals surface area contributed by atoms with E-state index in [1.165, 1.54) is 7.11 Å². The van der Waals surface area contributed by atoms with Gasteiger partial charge in [0.05, 0.1) is 23.9 Å². The number of fused-ring (bicyclic) bond motifs is 1. The lowest BCUT2D eigenvalue weighted by Crippen LogP contribution is -2.59. The summed E-state index contributed by atoms with van der Waals surface area (Å²) in [6.45, 7) is 3.40. The molecule has 6 rings (SSSR count). The lowest BCUT2D eigenvalue weighted by Gasteiger charge is -2.43. The number of ether oxygens (including phenoxy) is 6. The third-order valence-corrected chi connectivity index (χ3v) is 9.34. The smallest absolute Gasteiger partial charge is 0.340 e. The quantitative estimate of drug-likeness (QED) is 0.413. The van der Waals surface area contributed by atoms with Gasteiger partial charge in [0, 0.05) is 5.92 Å². The molecular weight excluding hydrogens is 436 g/mol. The van der Waals surface area contributed by atoms with Gasteiger partial charge in [0.25, 0.3) is 0 Å². The van der Waals surface area contributed by atoms with Crippen LogP contribution in [0.3, 0.4) is 0 Å². The second kappa shape index (κ2) is 6.69. The van der Waals surface area contributed by atoms with Crippen LogP contribution >= 0.6 is 0 Å². The van der Waals surface area contributed by atoms with E-state index in [0.717, 1.165) is 19.3 Å². The number of unbranched alkanes of at least 4 members (excludes halogenated alkanes) is 1. The SMILES string of the molecule is CCCC[C@@H]1CC2OC(=O)C34OC5OC(=O)C(OCC(=O)OC)C51C23CC1OC(=O)C(C)C14. The maximum Gasteiger partial charge on any atom is 0.340 e. The van der Waals surface area contributed by atoms with Crippen LogP contribution in [-0.2, 0) is 47.6 Å². The molecule has 6 fully saturated rings. The minimum atomic E-state index is -1.45. The molecule has 2 aliphatic carbocycles. The van der Waals surface area contributed by atoms with E-state index in [2.05, 4.69) is 6.92 Å². The number of esters is 4. The van der Waals surface area contributed by atoms with Gasteiger partial charge in [-0.05, 0) is 25.2 Å². The molecule has 10 atom stereocenters. The second-order valence-electron chi connectivity index (χ2n) is 10.3. The van der Waals surface area contributed by atoms with Gasteiger partial charge in [-0.15, -0.1) is 0 Å². The van der Waals surface area contributed by atoms with E-state index in [1.807, 2.05) is 0 Å². The van der Waals surface area contributed by atoms with Crippen LogP contribution in [0.5, 0.6) is 0 Å². The predicted octanol–water partition coefficient (Wildman–Crippen LogP) is 0.886. The Bertz CT molecular complexity index is 948. The van der Waals surface area contributed by atoms with E-state index in [0.29, 0.717) is 12.8 Å². The number of rotatable bonds is 6. The van der Waals surface area contributed by atoms with Crippen molar-refractivity contribution in [1.82, 2.24) is 0 Å². The summed E-state index contributed by atoms with van der Waals surface area (Å²) in [6, 6.07) is 0. The van der Waals surface area contributed by atoms with Crippen LogP contribution < -0.4 is 0 Å². The molecule has 33 heavy (non-hydrogen) atoms. The Hall–Kier alpha value is -2.20. The summed E-state index contributed by atoms with van der Waals surface area (Å²) in [5, 5.41) is 0. The fraction of sp³-hybridized carbons (Fsp3) is 0.826. The molecular formula is C23H28O10. The molecule has 4 saturated heterocycles. The number of methoxy groups -OCH3 is 1. The highest BCUT2D eigenvalue weighted by Crippen LogP contribution is 2.83. The van der Waals surface area contributed by atoms with Gasteiger partial charge in [-0.3, -0.25) is 4.79 Å². The molecule has 0 aromatic rings. The normalized spacial score (nSPS) is 50.4.